The van der Waals surface area contributed by atoms with Gasteiger partial charge in [0.25, 0.3) is 0 Å². The molecular formula is C26H39N. The van der Waals surface area contributed by atoms with Gasteiger partial charge in [0.15, 0.2) is 0 Å². The van der Waals surface area contributed by atoms with Crippen molar-refractivity contribution in [1.82, 2.24) is 4.90 Å². The highest BCUT2D eigenvalue weighted by Crippen LogP contribution is 2.22. The van der Waals surface area contributed by atoms with E-state index < -0.39 is 0 Å². The number of benzene rings is 2. The first-order valence-electron chi connectivity index (χ1n) is 10.9. The van der Waals surface area contributed by atoms with E-state index in [-0.39, 0.29) is 0 Å². The molecule has 0 radical (unpaired) electrons. The summed E-state index contributed by atoms with van der Waals surface area (Å²) in [5, 5.41) is 0. The van der Waals surface area contributed by atoms with E-state index in [1.54, 1.807) is 0 Å². The van der Waals surface area contributed by atoms with E-state index in [1.807, 2.05) is 0 Å². The first-order chi connectivity index (χ1) is 13.1. The molecular weight excluding hydrogens is 326 g/mol. The maximum Gasteiger partial charge on any atom is 0.00412 e. The molecule has 0 aromatic heterocycles. The SMILES string of the molecule is CC(C)N(CCCC(CCc1ccccc1)CCc1ccccc1)C(C)C. The molecule has 0 saturated heterocycles. The van der Waals surface area contributed by atoms with Crippen LogP contribution in [0, 0.1) is 5.92 Å². The van der Waals surface area contributed by atoms with Gasteiger partial charge in [-0.3, -0.25) is 4.90 Å². The number of hydrogen-bond donors (Lipinski definition) is 0. The molecule has 1 heteroatoms. The largest absolute Gasteiger partial charge is 0.299 e. The molecule has 0 aliphatic carbocycles. The average molecular weight is 366 g/mol. The van der Waals surface area contributed by atoms with Gasteiger partial charge in [0, 0.05) is 12.1 Å². The molecule has 0 spiro atoms. The summed E-state index contributed by atoms with van der Waals surface area (Å²) in [5.41, 5.74) is 2.96. The summed E-state index contributed by atoms with van der Waals surface area (Å²) in [6.45, 7) is 10.5. The van der Waals surface area contributed by atoms with Gasteiger partial charge < -0.3 is 0 Å². The zero-order chi connectivity index (χ0) is 19.5. The van der Waals surface area contributed by atoms with Crippen LogP contribution < -0.4 is 0 Å². The molecule has 0 saturated carbocycles. The Bertz CT molecular complexity index is 551. The van der Waals surface area contributed by atoms with Crippen molar-refractivity contribution in [3.8, 4) is 0 Å². The van der Waals surface area contributed by atoms with Gasteiger partial charge in [-0.05, 0) is 89.8 Å². The van der Waals surface area contributed by atoms with E-state index in [0.717, 1.165) is 5.92 Å². The van der Waals surface area contributed by atoms with Crippen LogP contribution >= 0.6 is 0 Å². The van der Waals surface area contributed by atoms with Crippen molar-refractivity contribution in [3.63, 3.8) is 0 Å². The Morgan fingerprint density at radius 2 is 1.07 bits per heavy atom. The molecule has 0 N–H and O–H groups in total. The third-order valence-corrected chi connectivity index (χ3v) is 5.72. The molecule has 27 heavy (non-hydrogen) atoms. The van der Waals surface area contributed by atoms with Gasteiger partial charge in [0.2, 0.25) is 0 Å². The van der Waals surface area contributed by atoms with Crippen LogP contribution in [0.15, 0.2) is 60.7 Å². The topological polar surface area (TPSA) is 3.24 Å². The van der Waals surface area contributed by atoms with E-state index in [9.17, 15) is 0 Å². The maximum atomic E-state index is 2.63. The molecule has 0 amide bonds. The molecule has 0 aliphatic heterocycles. The Hall–Kier alpha value is -1.60. The molecule has 0 unspecified atom stereocenters. The van der Waals surface area contributed by atoms with Crippen LogP contribution in [-0.2, 0) is 12.8 Å². The number of nitrogens with zero attached hydrogens (tertiary/aromatic N) is 1. The fourth-order valence-electron chi connectivity index (χ4n) is 4.14. The summed E-state index contributed by atoms with van der Waals surface area (Å²) in [5.74, 6) is 0.812. The highest BCUT2D eigenvalue weighted by molar-refractivity contribution is 5.16. The van der Waals surface area contributed by atoms with Crippen LogP contribution in [0.2, 0.25) is 0 Å². The zero-order valence-corrected chi connectivity index (χ0v) is 17.9. The average Bonchev–Trinajstić information content (AvgIpc) is 2.67. The minimum absolute atomic E-state index is 0.636. The Morgan fingerprint density at radius 1 is 0.630 bits per heavy atom. The van der Waals surface area contributed by atoms with E-state index in [2.05, 4.69) is 93.3 Å². The lowest BCUT2D eigenvalue weighted by molar-refractivity contribution is 0.167. The van der Waals surface area contributed by atoms with Crippen molar-refractivity contribution in [2.45, 2.75) is 78.3 Å². The molecule has 0 fully saturated rings. The third kappa shape index (κ3) is 8.30. The predicted octanol–water partition coefficient (Wildman–Crippen LogP) is 6.77. The van der Waals surface area contributed by atoms with Crippen LogP contribution in [-0.4, -0.2) is 23.5 Å². The minimum Gasteiger partial charge on any atom is -0.299 e. The maximum absolute atomic E-state index is 2.63. The molecule has 2 aromatic carbocycles. The first-order valence-corrected chi connectivity index (χ1v) is 10.9. The van der Waals surface area contributed by atoms with Crippen molar-refractivity contribution in [3.05, 3.63) is 71.8 Å². The van der Waals surface area contributed by atoms with Gasteiger partial charge in [-0.25, -0.2) is 0 Å². The molecule has 0 bridgehead atoms. The summed E-state index contributed by atoms with van der Waals surface area (Å²) >= 11 is 0. The number of aryl methyl sites for hydroxylation is 2. The Balaban J connectivity index is 1.87. The molecule has 1 nitrogen and oxygen atoms in total. The highest BCUT2D eigenvalue weighted by atomic mass is 15.2. The number of hydrogen-bond acceptors (Lipinski definition) is 1. The standard InChI is InChI=1S/C26H39N/c1-22(2)27(23(3)4)21-11-16-26(19-17-24-12-7-5-8-13-24)20-18-25-14-9-6-10-15-25/h5-10,12-15,22-23,26H,11,16-21H2,1-4H3. The van der Waals surface area contributed by atoms with Gasteiger partial charge in [0.05, 0.1) is 0 Å². The van der Waals surface area contributed by atoms with Crippen molar-refractivity contribution >= 4 is 0 Å². The Morgan fingerprint density at radius 3 is 1.48 bits per heavy atom. The van der Waals surface area contributed by atoms with E-state index in [4.69, 9.17) is 0 Å². The smallest absolute Gasteiger partial charge is 0.00412 e. The fourth-order valence-corrected chi connectivity index (χ4v) is 4.14. The Labute approximate surface area is 167 Å². The lowest BCUT2D eigenvalue weighted by Crippen LogP contribution is -2.37. The molecule has 0 atom stereocenters. The highest BCUT2D eigenvalue weighted by Gasteiger charge is 2.15. The van der Waals surface area contributed by atoms with Gasteiger partial charge in [-0.15, -0.1) is 0 Å². The van der Waals surface area contributed by atoms with Crippen molar-refractivity contribution in [2.75, 3.05) is 6.54 Å². The normalized spacial score (nSPS) is 11.9. The third-order valence-electron chi connectivity index (χ3n) is 5.72. The molecule has 0 aliphatic rings. The monoisotopic (exact) mass is 365 g/mol. The van der Waals surface area contributed by atoms with Crippen LogP contribution in [0.3, 0.4) is 0 Å². The second-order valence-electron chi connectivity index (χ2n) is 8.48. The minimum atomic E-state index is 0.636. The predicted molar refractivity (Wildman–Crippen MR) is 119 cm³/mol. The first kappa shape index (κ1) is 21.7. The van der Waals surface area contributed by atoms with E-state index in [0.29, 0.717) is 12.1 Å². The lowest BCUT2D eigenvalue weighted by Gasteiger charge is -2.31. The van der Waals surface area contributed by atoms with Gasteiger partial charge in [-0.1, -0.05) is 60.7 Å². The molecule has 2 rings (SSSR count). The van der Waals surface area contributed by atoms with Crippen molar-refractivity contribution in [2.24, 2.45) is 5.92 Å². The van der Waals surface area contributed by atoms with Gasteiger partial charge in [0.1, 0.15) is 0 Å². The number of rotatable bonds is 12. The van der Waals surface area contributed by atoms with Crippen molar-refractivity contribution < 1.29 is 0 Å². The summed E-state index contributed by atoms with van der Waals surface area (Å²) in [7, 11) is 0. The molecule has 0 heterocycles. The van der Waals surface area contributed by atoms with Gasteiger partial charge >= 0.3 is 0 Å². The lowest BCUT2D eigenvalue weighted by atomic mass is 9.89. The van der Waals surface area contributed by atoms with E-state index in [1.165, 1.54) is 56.2 Å². The second kappa shape index (κ2) is 12.0. The Kier molecular flexibility index (Phi) is 9.62. The zero-order valence-electron chi connectivity index (χ0n) is 17.9. The summed E-state index contributed by atoms with van der Waals surface area (Å²) in [4.78, 5) is 2.63. The van der Waals surface area contributed by atoms with Crippen LogP contribution in [0.25, 0.3) is 0 Å². The molecule has 2 aromatic rings. The fraction of sp³-hybridized carbons (Fsp3) is 0.538. The quantitative estimate of drug-likeness (QED) is 0.401. The van der Waals surface area contributed by atoms with Crippen LogP contribution in [0.5, 0.6) is 0 Å². The van der Waals surface area contributed by atoms with Gasteiger partial charge in [-0.2, -0.15) is 0 Å². The summed E-state index contributed by atoms with van der Waals surface area (Å²) < 4.78 is 0. The molecule has 148 valence electrons. The van der Waals surface area contributed by atoms with Crippen LogP contribution in [0.1, 0.15) is 64.5 Å². The summed E-state index contributed by atoms with van der Waals surface area (Å²) in [6.07, 6.45) is 7.68. The van der Waals surface area contributed by atoms with Crippen LogP contribution in [0.4, 0.5) is 0 Å². The van der Waals surface area contributed by atoms with Crippen molar-refractivity contribution in [1.29, 1.82) is 0 Å². The van der Waals surface area contributed by atoms with E-state index >= 15 is 0 Å². The summed E-state index contributed by atoms with van der Waals surface area (Å²) in [6, 6.07) is 23.2. The second-order valence-corrected chi connectivity index (χ2v) is 8.48.